The third kappa shape index (κ3) is 30.8. The smallest absolute Gasteiger partial charge is 0.326 e. The number of phenolic OH excluding ortho intramolecular Hbond substituents is 1. The highest BCUT2D eigenvalue weighted by Gasteiger charge is 2.43. The van der Waals surface area contributed by atoms with Crippen molar-refractivity contribution in [2.45, 2.75) is 250 Å². The summed E-state index contributed by atoms with van der Waals surface area (Å²) >= 11 is 0. The predicted molar refractivity (Wildman–Crippen MR) is 451 cm³/mol. The maximum atomic E-state index is 14.9. The van der Waals surface area contributed by atoms with E-state index in [1.807, 2.05) is 0 Å². The zero-order valence-electron chi connectivity index (χ0n) is 71.2. The molecule has 40 heteroatoms. The van der Waals surface area contributed by atoms with Gasteiger partial charge < -0.3 is 121 Å². The van der Waals surface area contributed by atoms with Gasteiger partial charge in [0.15, 0.2) is 0 Å². The normalized spacial score (nSPS) is 16.1. The summed E-state index contributed by atoms with van der Waals surface area (Å²) < 4.78 is 0. The number of nitrogens with two attached hydrogens (primary N) is 3. The van der Waals surface area contributed by atoms with E-state index in [9.17, 15) is 107 Å². The highest BCUT2D eigenvalue weighted by atomic mass is 16.4. The summed E-state index contributed by atoms with van der Waals surface area (Å²) in [6.07, 6.45) is -1.89. The van der Waals surface area contributed by atoms with Crippen LogP contribution < -0.4 is 81.0 Å². The second-order valence-corrected chi connectivity index (χ2v) is 32.9. The van der Waals surface area contributed by atoms with Gasteiger partial charge in [-0.2, -0.15) is 0 Å². The van der Waals surface area contributed by atoms with Crippen LogP contribution in [0.15, 0.2) is 85.2 Å². The number of aromatic amines is 2. The maximum absolute atomic E-state index is 14.9. The third-order valence-corrected chi connectivity index (χ3v) is 20.7. The van der Waals surface area contributed by atoms with Gasteiger partial charge in [0, 0.05) is 60.0 Å². The number of nitrogens with zero attached hydrogens (tertiary/aromatic N) is 1. The van der Waals surface area contributed by atoms with Crippen molar-refractivity contribution in [3.8, 4) is 5.75 Å². The first-order valence-corrected chi connectivity index (χ1v) is 41.4. The maximum Gasteiger partial charge on any atom is 0.326 e. The fourth-order valence-electron chi connectivity index (χ4n) is 14.2. The van der Waals surface area contributed by atoms with Crippen LogP contribution in [0.2, 0.25) is 0 Å². The van der Waals surface area contributed by atoms with E-state index >= 15 is 0 Å². The number of benzene rings is 3. The second-order valence-electron chi connectivity index (χ2n) is 32.9. The lowest BCUT2D eigenvalue weighted by Gasteiger charge is -2.31. The number of hydrogen-bond acceptors (Lipinski definition) is 21. The number of rotatable bonds is 50. The minimum Gasteiger partial charge on any atom is -0.508 e. The lowest BCUT2D eigenvalue weighted by molar-refractivity contribution is -0.147. The molecule has 0 saturated carbocycles. The van der Waals surface area contributed by atoms with Gasteiger partial charge in [-0.15, -0.1) is 0 Å². The zero-order valence-corrected chi connectivity index (χ0v) is 71.2. The van der Waals surface area contributed by atoms with Gasteiger partial charge in [-0.3, -0.25) is 76.7 Å². The Labute approximate surface area is 716 Å². The van der Waals surface area contributed by atoms with Crippen LogP contribution in [0, 0.1) is 23.7 Å². The number of amides is 14. The second kappa shape index (κ2) is 47.7. The summed E-state index contributed by atoms with van der Waals surface area (Å²) in [5, 5.41) is 82.7. The van der Waals surface area contributed by atoms with Crippen LogP contribution in [0.4, 0.5) is 0 Å². The van der Waals surface area contributed by atoms with Gasteiger partial charge in [-0.25, -0.2) is 4.79 Å². The fraction of sp³-hybridized carbons (Fsp3) is 0.536. The van der Waals surface area contributed by atoms with Gasteiger partial charge in [-0.1, -0.05) is 104 Å². The molecule has 678 valence electrons. The molecule has 25 N–H and O–H groups in total. The highest BCUT2D eigenvalue weighted by molar-refractivity contribution is 6.02. The first-order valence-electron chi connectivity index (χ1n) is 41.4. The fourth-order valence-corrected chi connectivity index (χ4v) is 14.2. The van der Waals surface area contributed by atoms with Crippen molar-refractivity contribution >= 4 is 122 Å². The molecule has 5 aromatic rings. The number of carbonyl (C=O) groups excluding carboxylic acids is 14. The van der Waals surface area contributed by atoms with E-state index < -0.39 is 223 Å². The molecule has 0 spiro atoms. The van der Waals surface area contributed by atoms with Crippen molar-refractivity contribution in [2.75, 3.05) is 13.1 Å². The van der Waals surface area contributed by atoms with Crippen LogP contribution in [0.3, 0.4) is 0 Å². The number of primary amides is 1. The molecular formula is C84H120N18O22. The summed E-state index contributed by atoms with van der Waals surface area (Å²) in [6, 6.07) is -2.60. The molecule has 0 bridgehead atoms. The van der Waals surface area contributed by atoms with Crippen molar-refractivity contribution in [1.82, 2.24) is 78.7 Å². The first kappa shape index (κ1) is 100. The van der Waals surface area contributed by atoms with Crippen LogP contribution in [0.25, 0.3) is 21.8 Å². The number of unbranched alkanes of at least 4 members (excludes halogenated alkanes) is 1. The number of para-hydroxylation sites is 2. The lowest BCUT2D eigenvalue weighted by atomic mass is 9.98. The number of aromatic hydroxyl groups is 1. The van der Waals surface area contributed by atoms with Crippen molar-refractivity contribution in [3.63, 3.8) is 0 Å². The van der Waals surface area contributed by atoms with Crippen molar-refractivity contribution in [1.29, 1.82) is 0 Å². The Kier molecular flexibility index (Phi) is 38.6. The number of aromatic nitrogens is 2. The Hall–Kier alpha value is -12.6. The molecule has 0 aliphatic carbocycles. The van der Waals surface area contributed by atoms with Crippen LogP contribution in [0.1, 0.15) is 157 Å². The minimum absolute atomic E-state index is 0.0275. The van der Waals surface area contributed by atoms with Crippen LogP contribution in [-0.4, -0.2) is 245 Å². The monoisotopic (exact) mass is 1730 g/mol. The van der Waals surface area contributed by atoms with Crippen molar-refractivity contribution in [3.05, 3.63) is 102 Å². The molecule has 1 fully saturated rings. The first-order chi connectivity index (χ1) is 58.4. The van der Waals surface area contributed by atoms with Crippen LogP contribution in [0.5, 0.6) is 5.75 Å². The number of carboxylic acids is 3. The number of hydrogen-bond donors (Lipinski definition) is 22. The van der Waals surface area contributed by atoms with E-state index in [0.29, 0.717) is 44.9 Å². The molecule has 6 rings (SSSR count). The molecule has 2 aromatic heterocycles. The Morgan fingerprint density at radius 1 is 0.444 bits per heavy atom. The molecule has 3 heterocycles. The Morgan fingerprint density at radius 2 is 0.839 bits per heavy atom. The molecule has 1 aliphatic heterocycles. The average Bonchev–Trinajstić information content (AvgIpc) is 1.66. The van der Waals surface area contributed by atoms with Gasteiger partial charge in [0.05, 0.1) is 31.4 Å². The molecule has 40 nitrogen and oxygen atoms in total. The summed E-state index contributed by atoms with van der Waals surface area (Å²) in [4.78, 5) is 244. The van der Waals surface area contributed by atoms with E-state index in [2.05, 4.69) is 73.8 Å². The van der Waals surface area contributed by atoms with E-state index in [1.54, 1.807) is 116 Å². The largest absolute Gasteiger partial charge is 0.508 e. The van der Waals surface area contributed by atoms with E-state index in [4.69, 9.17) is 17.2 Å². The highest BCUT2D eigenvalue weighted by Crippen LogP contribution is 2.25. The standard InChI is InChI=1S/C84H120N18O22/c1-41(2)30-56(73(112)95-60(34-48-39-88-53-20-13-11-18-51(48)53)75(114)93-57(31-42(3)4)78(117)100-69(44(7)8)81(120)99-64(84(123)124)38-68(108)109)92-72(111)55(22-15-16-28-85)90-82(121)70(46(10)103)101-79(118)58(32-43(5)6)97-80(119)65-23-17-29-102(65)83(122)63(37-67(106)107)98-74(113)59(33-47-24-26-50(104)27-25-47)94-76(115)61(35-49-40-89-54-21-14-12-19-52(49)54)96-77(116)62(36-66(87)105)91-71(110)45(9)86/h11-14,18-21,24-27,39-46,55-65,69-70,88-89,103-104H,15-17,22-23,28-38,85-86H2,1-10H3,(H2,87,105)(H,90,121)(H,91,110)(H,92,111)(H,93,114)(H,94,115)(H,95,112)(H,96,116)(H,97,119)(H,98,113)(H,99,120)(H,100,117)(H,101,118)(H,106,107)(H,108,109)(H,123,124)/t45-,46+,55-,56-,57-,58-,59-,60-,61-,62-,63-,64-,65-,69-,70-/m0/s1. The summed E-state index contributed by atoms with van der Waals surface area (Å²) in [6.45, 7) is 15.9. The van der Waals surface area contributed by atoms with Gasteiger partial charge in [0.25, 0.3) is 0 Å². The van der Waals surface area contributed by atoms with E-state index in [1.165, 1.54) is 38.1 Å². The average molecular weight is 1730 g/mol. The number of fused-ring (bicyclic) bond motifs is 2. The summed E-state index contributed by atoms with van der Waals surface area (Å²) in [7, 11) is 0. The summed E-state index contributed by atoms with van der Waals surface area (Å²) in [5.74, 6) is -20.4. The number of carbonyl (C=O) groups is 17. The van der Waals surface area contributed by atoms with Gasteiger partial charge in [-0.05, 0) is 136 Å². The van der Waals surface area contributed by atoms with Gasteiger partial charge >= 0.3 is 17.9 Å². The Balaban J connectivity index is 1.22. The molecule has 3 aromatic carbocycles. The predicted octanol–water partition coefficient (Wildman–Crippen LogP) is -1.25. The molecular weight excluding hydrogens is 1610 g/mol. The van der Waals surface area contributed by atoms with Crippen molar-refractivity contribution < 1.29 is 107 Å². The minimum atomic E-state index is -1.96. The number of aliphatic hydroxyl groups is 1. The zero-order chi connectivity index (χ0) is 92.1. The molecule has 0 radical (unpaired) electrons. The Morgan fingerprint density at radius 3 is 1.29 bits per heavy atom. The third-order valence-electron chi connectivity index (χ3n) is 20.7. The van der Waals surface area contributed by atoms with E-state index in [-0.39, 0.29) is 94.4 Å². The molecule has 124 heavy (non-hydrogen) atoms. The number of likely N-dealkylation sites (tertiary alicyclic amines) is 1. The Bertz CT molecular complexity index is 4600. The number of aliphatic hydroxyl groups excluding tert-OH is 1. The number of phenols is 1. The molecule has 14 amide bonds. The number of H-pyrrole nitrogens is 2. The number of nitrogens with one attached hydrogen (secondary N) is 14. The van der Waals surface area contributed by atoms with Crippen LogP contribution in [-0.2, 0) is 101 Å². The number of carboxylic acid groups (broad SMARTS) is 3. The van der Waals surface area contributed by atoms with Gasteiger partial charge in [0.2, 0.25) is 82.7 Å². The molecule has 1 saturated heterocycles. The quantitative estimate of drug-likeness (QED) is 0.0202. The van der Waals surface area contributed by atoms with Crippen molar-refractivity contribution in [2.24, 2.45) is 40.9 Å². The molecule has 15 atom stereocenters. The molecule has 0 unspecified atom stereocenters. The van der Waals surface area contributed by atoms with Crippen LogP contribution >= 0.6 is 0 Å². The summed E-state index contributed by atoms with van der Waals surface area (Å²) in [5.41, 5.74) is 19.8. The lowest BCUT2D eigenvalue weighted by Crippen LogP contribution is -2.62. The SMILES string of the molecule is CC(C)C[C@H](NC(=O)[C@H](CCCCN)NC(=O)[C@@H](NC(=O)[C@H](CC(C)C)NC(=O)[C@@H]1CCCN1C(=O)[C@H](CC(=O)O)NC(=O)[C@H](Cc1ccc(O)cc1)NC(=O)[C@H](Cc1c[nH]c2ccccc12)NC(=O)[C@H](CC(N)=O)NC(=O)[C@H](C)N)[C@@H](C)O)C(=O)N[C@@H](Cc1c[nH]c2ccccc12)C(=O)N[C@@H](CC(C)C)C(=O)N[C@H](C(=O)N[C@@H](CC(=O)O)C(=O)O)C(C)C. The van der Waals surface area contributed by atoms with Gasteiger partial charge in [0.1, 0.15) is 84.3 Å². The molecule has 1 aliphatic rings. The number of aliphatic carboxylic acids is 3. The topological polar surface area (TPSA) is 649 Å². The van der Waals surface area contributed by atoms with E-state index in [0.717, 1.165) is 4.90 Å².